The van der Waals surface area contributed by atoms with E-state index in [0.29, 0.717) is 24.9 Å². The van der Waals surface area contributed by atoms with Crippen LogP contribution in [0.1, 0.15) is 25.6 Å². The minimum atomic E-state index is -0.0651. The fraction of sp³-hybridized carbons (Fsp3) is 0.667. The van der Waals surface area contributed by atoms with Crippen LogP contribution in [-0.4, -0.2) is 47.5 Å². The lowest BCUT2D eigenvalue weighted by atomic mass is 10.2. The first-order valence-corrected chi connectivity index (χ1v) is 6.49. The lowest BCUT2D eigenvalue weighted by molar-refractivity contribution is 0.0722. The van der Waals surface area contributed by atoms with Crippen LogP contribution in [0.25, 0.3) is 0 Å². The predicted molar refractivity (Wildman–Crippen MR) is 70.2 cm³/mol. The third-order valence-corrected chi connectivity index (χ3v) is 3.14. The van der Waals surface area contributed by atoms with Gasteiger partial charge in [-0.1, -0.05) is 25.4 Å². The number of aliphatic hydroxyl groups is 1. The van der Waals surface area contributed by atoms with Crippen molar-refractivity contribution in [1.29, 1.82) is 0 Å². The summed E-state index contributed by atoms with van der Waals surface area (Å²) in [5, 5.41) is 9.81. The summed E-state index contributed by atoms with van der Waals surface area (Å²) in [7, 11) is 0. The fourth-order valence-electron chi connectivity index (χ4n) is 1.94. The van der Waals surface area contributed by atoms with Crippen molar-refractivity contribution in [3.63, 3.8) is 0 Å². The normalized spacial score (nSPS) is 20.5. The maximum atomic E-state index is 9.37. The van der Waals surface area contributed by atoms with Gasteiger partial charge in [0.2, 0.25) is 0 Å². The second-order valence-corrected chi connectivity index (χ2v) is 5.05. The topological polar surface area (TPSA) is 58.5 Å². The Morgan fingerprint density at radius 3 is 3.00 bits per heavy atom. The highest BCUT2D eigenvalue weighted by Gasteiger charge is 2.24. The average Bonchev–Trinajstić information content (AvgIpc) is 2.38. The monoisotopic (exact) mass is 271 g/mol. The molecule has 0 bridgehead atoms. The van der Waals surface area contributed by atoms with E-state index in [9.17, 15) is 5.11 Å². The van der Waals surface area contributed by atoms with Crippen LogP contribution in [0.3, 0.4) is 0 Å². The molecule has 2 rings (SSSR count). The molecule has 1 aliphatic rings. The lowest BCUT2D eigenvalue weighted by Crippen LogP contribution is -2.48. The van der Waals surface area contributed by atoms with Crippen molar-refractivity contribution in [2.24, 2.45) is 0 Å². The third kappa shape index (κ3) is 2.91. The van der Waals surface area contributed by atoms with Crippen LogP contribution < -0.4 is 4.90 Å². The molecule has 0 aliphatic carbocycles. The van der Waals surface area contributed by atoms with Crippen molar-refractivity contribution in [2.45, 2.75) is 25.8 Å². The van der Waals surface area contributed by atoms with Crippen molar-refractivity contribution < 1.29 is 9.84 Å². The molecule has 0 spiro atoms. The van der Waals surface area contributed by atoms with Gasteiger partial charge in [0.15, 0.2) is 0 Å². The molecular weight excluding hydrogens is 254 g/mol. The number of rotatable bonds is 3. The minimum Gasteiger partial charge on any atom is -0.394 e. The Morgan fingerprint density at radius 2 is 2.33 bits per heavy atom. The quantitative estimate of drug-likeness (QED) is 0.844. The van der Waals surface area contributed by atoms with Crippen LogP contribution in [-0.2, 0) is 4.74 Å². The smallest absolute Gasteiger partial charge is 0.135 e. The number of aromatic nitrogens is 2. The molecule has 0 saturated carbocycles. The van der Waals surface area contributed by atoms with Gasteiger partial charge in [-0.3, -0.25) is 0 Å². The van der Waals surface area contributed by atoms with Crippen molar-refractivity contribution in [1.82, 2.24) is 9.97 Å². The molecule has 0 amide bonds. The molecule has 0 radical (unpaired) electrons. The van der Waals surface area contributed by atoms with Crippen molar-refractivity contribution in [3.05, 3.63) is 17.0 Å². The van der Waals surface area contributed by atoms with Crippen LogP contribution >= 0.6 is 11.6 Å². The van der Waals surface area contributed by atoms with Gasteiger partial charge in [0.25, 0.3) is 0 Å². The standard InChI is InChI=1S/C12H18ClN3O2/c1-8(2)12-14-10(13)5-11(15-12)16-3-4-18-7-9(16)6-17/h5,8-9,17H,3-4,6-7H2,1-2H3. The van der Waals surface area contributed by atoms with E-state index >= 15 is 0 Å². The van der Waals surface area contributed by atoms with E-state index < -0.39 is 0 Å². The van der Waals surface area contributed by atoms with E-state index in [4.69, 9.17) is 16.3 Å². The Kier molecular flexibility index (Phi) is 4.37. The summed E-state index contributed by atoms with van der Waals surface area (Å²) in [6.07, 6.45) is 0. The molecule has 2 heterocycles. The Balaban J connectivity index is 2.30. The molecule has 1 N–H and O–H groups in total. The highest BCUT2D eigenvalue weighted by molar-refractivity contribution is 6.29. The van der Waals surface area contributed by atoms with E-state index in [1.54, 1.807) is 6.07 Å². The Labute approximate surface area is 112 Å². The molecule has 1 atom stereocenters. The molecule has 1 aromatic rings. The van der Waals surface area contributed by atoms with Gasteiger partial charge in [0, 0.05) is 18.5 Å². The van der Waals surface area contributed by atoms with Gasteiger partial charge < -0.3 is 14.7 Å². The molecule has 1 fully saturated rings. The predicted octanol–water partition coefficient (Wildman–Crippen LogP) is 1.45. The highest BCUT2D eigenvalue weighted by Crippen LogP contribution is 2.22. The molecule has 1 unspecified atom stereocenters. The first-order valence-electron chi connectivity index (χ1n) is 6.11. The van der Waals surface area contributed by atoms with Crippen LogP contribution in [0.4, 0.5) is 5.82 Å². The number of nitrogens with zero attached hydrogens (tertiary/aromatic N) is 3. The van der Waals surface area contributed by atoms with E-state index in [0.717, 1.165) is 11.6 Å². The zero-order valence-corrected chi connectivity index (χ0v) is 11.4. The molecule has 18 heavy (non-hydrogen) atoms. The largest absolute Gasteiger partial charge is 0.394 e. The third-order valence-electron chi connectivity index (χ3n) is 2.95. The summed E-state index contributed by atoms with van der Waals surface area (Å²) in [5.74, 6) is 1.71. The number of morpholine rings is 1. The highest BCUT2D eigenvalue weighted by atomic mass is 35.5. The van der Waals surface area contributed by atoms with E-state index in [-0.39, 0.29) is 18.6 Å². The van der Waals surface area contributed by atoms with E-state index in [1.807, 2.05) is 18.7 Å². The SMILES string of the molecule is CC(C)c1nc(Cl)cc(N2CCOCC2CO)n1. The summed E-state index contributed by atoms with van der Waals surface area (Å²) in [4.78, 5) is 10.8. The first-order chi connectivity index (χ1) is 8.61. The molecule has 1 saturated heterocycles. The van der Waals surface area contributed by atoms with Crippen LogP contribution in [0, 0.1) is 0 Å². The van der Waals surface area contributed by atoms with Gasteiger partial charge in [-0.05, 0) is 0 Å². The number of hydrogen-bond acceptors (Lipinski definition) is 5. The van der Waals surface area contributed by atoms with Gasteiger partial charge in [0.1, 0.15) is 16.8 Å². The van der Waals surface area contributed by atoms with Gasteiger partial charge in [-0.25, -0.2) is 9.97 Å². The maximum Gasteiger partial charge on any atom is 0.135 e. The Morgan fingerprint density at radius 1 is 1.56 bits per heavy atom. The van der Waals surface area contributed by atoms with E-state index in [1.165, 1.54) is 0 Å². The van der Waals surface area contributed by atoms with Gasteiger partial charge in [-0.2, -0.15) is 0 Å². The van der Waals surface area contributed by atoms with Gasteiger partial charge >= 0.3 is 0 Å². The molecule has 0 aromatic carbocycles. The summed E-state index contributed by atoms with van der Waals surface area (Å²) >= 11 is 6.03. The molecule has 1 aliphatic heterocycles. The lowest BCUT2D eigenvalue weighted by Gasteiger charge is -2.35. The molecule has 6 heteroatoms. The first kappa shape index (κ1) is 13.5. The average molecular weight is 272 g/mol. The van der Waals surface area contributed by atoms with Crippen LogP contribution in [0.5, 0.6) is 0 Å². The number of ether oxygens (including phenoxy) is 1. The van der Waals surface area contributed by atoms with Gasteiger partial charge in [-0.15, -0.1) is 0 Å². The number of anilines is 1. The summed E-state index contributed by atoms with van der Waals surface area (Å²) < 4.78 is 5.35. The second-order valence-electron chi connectivity index (χ2n) is 4.67. The summed E-state index contributed by atoms with van der Waals surface area (Å²) in [5.41, 5.74) is 0. The van der Waals surface area contributed by atoms with Crippen LogP contribution in [0.2, 0.25) is 5.15 Å². The van der Waals surface area contributed by atoms with Crippen molar-refractivity contribution in [2.75, 3.05) is 31.3 Å². The number of halogens is 1. The maximum absolute atomic E-state index is 9.37. The fourth-order valence-corrected chi connectivity index (χ4v) is 2.12. The second kappa shape index (κ2) is 5.82. The number of hydrogen-bond donors (Lipinski definition) is 1. The Hall–Kier alpha value is -0.910. The molecule has 1 aromatic heterocycles. The molecule has 100 valence electrons. The van der Waals surface area contributed by atoms with Gasteiger partial charge in [0.05, 0.1) is 25.9 Å². The van der Waals surface area contributed by atoms with Crippen LogP contribution in [0.15, 0.2) is 6.07 Å². The minimum absolute atomic E-state index is 0.0403. The number of aliphatic hydroxyl groups excluding tert-OH is 1. The molecular formula is C12H18ClN3O2. The summed E-state index contributed by atoms with van der Waals surface area (Å²) in [6, 6.07) is 1.67. The zero-order chi connectivity index (χ0) is 13.1. The van der Waals surface area contributed by atoms with E-state index in [2.05, 4.69) is 9.97 Å². The summed E-state index contributed by atoms with van der Waals surface area (Å²) in [6.45, 7) is 5.94. The molecule has 5 nitrogen and oxygen atoms in total. The van der Waals surface area contributed by atoms with Crippen molar-refractivity contribution in [3.8, 4) is 0 Å². The van der Waals surface area contributed by atoms with Crippen molar-refractivity contribution >= 4 is 17.4 Å². The zero-order valence-electron chi connectivity index (χ0n) is 10.6. The Bertz CT molecular complexity index is 414.